The molecule has 114 valence electrons. The third-order valence-electron chi connectivity index (χ3n) is 2.62. The number of rotatable bonds is 8. The molecule has 0 heterocycles. The van der Waals surface area contributed by atoms with Gasteiger partial charge in [-0.15, -0.1) is 0 Å². The minimum Gasteiger partial charge on any atom is -0.397 e. The van der Waals surface area contributed by atoms with Gasteiger partial charge in [0.15, 0.2) is 0 Å². The van der Waals surface area contributed by atoms with Crippen molar-refractivity contribution < 1.29 is 18.3 Å². The maximum Gasteiger partial charge on any atom is 0.240 e. The van der Waals surface area contributed by atoms with E-state index in [1.807, 2.05) is 0 Å². The maximum atomic E-state index is 11.9. The van der Waals surface area contributed by atoms with Gasteiger partial charge >= 0.3 is 0 Å². The van der Waals surface area contributed by atoms with Crippen LogP contribution < -0.4 is 15.8 Å². The fourth-order valence-corrected chi connectivity index (χ4v) is 2.73. The quantitative estimate of drug-likeness (QED) is 0.502. The molecule has 1 aromatic rings. The summed E-state index contributed by atoms with van der Waals surface area (Å²) in [6, 6.07) is 4.02. The van der Waals surface area contributed by atoms with Crippen LogP contribution in [0.25, 0.3) is 0 Å². The van der Waals surface area contributed by atoms with E-state index in [9.17, 15) is 13.5 Å². The third-order valence-corrected chi connectivity index (χ3v) is 4.16. The fourth-order valence-electron chi connectivity index (χ4n) is 1.66. The first-order valence-electron chi connectivity index (χ1n) is 6.20. The predicted octanol–water partition coefficient (Wildman–Crippen LogP) is -0.0138. The average Bonchev–Trinajstić information content (AvgIpc) is 2.40. The normalized spacial score (nSPS) is 13.2. The zero-order valence-corrected chi connectivity index (χ0v) is 12.4. The van der Waals surface area contributed by atoms with E-state index in [2.05, 4.69) is 10.0 Å². The first-order valence-corrected chi connectivity index (χ1v) is 7.68. The molecule has 7 nitrogen and oxygen atoms in total. The second-order valence-corrected chi connectivity index (χ2v) is 6.00. The van der Waals surface area contributed by atoms with E-state index in [1.54, 1.807) is 6.92 Å². The molecule has 0 aromatic heterocycles. The lowest BCUT2D eigenvalue weighted by molar-refractivity contribution is 0.153. The van der Waals surface area contributed by atoms with Crippen molar-refractivity contribution in [2.24, 2.45) is 0 Å². The van der Waals surface area contributed by atoms with E-state index in [-0.39, 0.29) is 24.2 Å². The largest absolute Gasteiger partial charge is 0.397 e. The summed E-state index contributed by atoms with van der Waals surface area (Å²) in [4.78, 5) is 0.116. The number of ether oxygens (including phenoxy) is 1. The number of nitrogens with two attached hydrogens (primary N) is 1. The van der Waals surface area contributed by atoms with Crippen molar-refractivity contribution >= 4 is 21.4 Å². The molecule has 0 saturated heterocycles. The maximum absolute atomic E-state index is 11.9. The molecular formula is C12H21N3O4S. The Morgan fingerprint density at radius 3 is 2.70 bits per heavy atom. The van der Waals surface area contributed by atoms with Gasteiger partial charge in [0.25, 0.3) is 0 Å². The molecule has 0 aliphatic carbocycles. The van der Waals surface area contributed by atoms with Crippen LogP contribution in [0.15, 0.2) is 23.1 Å². The molecule has 0 aliphatic heterocycles. The molecule has 1 aromatic carbocycles. The number of hydrogen-bond donors (Lipinski definition) is 4. The average molecular weight is 303 g/mol. The van der Waals surface area contributed by atoms with Crippen LogP contribution in [0.2, 0.25) is 0 Å². The number of aliphatic hydroxyl groups excluding tert-OH is 1. The highest BCUT2D eigenvalue weighted by Crippen LogP contribution is 2.23. The summed E-state index contributed by atoms with van der Waals surface area (Å²) in [5.74, 6) is 0. The minimum absolute atomic E-state index is 0.116. The van der Waals surface area contributed by atoms with Crippen LogP contribution in [0.1, 0.15) is 6.92 Å². The third kappa shape index (κ3) is 4.34. The van der Waals surface area contributed by atoms with Crippen LogP contribution in [0, 0.1) is 0 Å². The van der Waals surface area contributed by atoms with Crippen molar-refractivity contribution in [3.8, 4) is 0 Å². The van der Waals surface area contributed by atoms with Crippen molar-refractivity contribution in [1.29, 1.82) is 0 Å². The first-order chi connectivity index (χ1) is 9.44. The standard InChI is InChI=1S/C12H21N3O4S/c1-3-14-20(17,18)10-4-5-11(13)12(6-10)15-9(7-16)8-19-2/h4-6,9,14-16H,3,7-8,13H2,1-2H3. The molecule has 0 amide bonds. The Kier molecular flexibility index (Phi) is 6.21. The predicted molar refractivity (Wildman–Crippen MR) is 78.1 cm³/mol. The summed E-state index contributed by atoms with van der Waals surface area (Å²) in [5, 5.41) is 12.2. The number of methoxy groups -OCH3 is 1. The Morgan fingerprint density at radius 2 is 2.15 bits per heavy atom. The number of nitrogen functional groups attached to an aromatic ring is 1. The van der Waals surface area contributed by atoms with Crippen LogP contribution in [-0.4, -0.2) is 46.4 Å². The molecule has 1 rings (SSSR count). The monoisotopic (exact) mass is 303 g/mol. The molecular weight excluding hydrogens is 282 g/mol. The zero-order chi connectivity index (χ0) is 15.2. The van der Waals surface area contributed by atoms with Gasteiger partial charge < -0.3 is 20.9 Å². The molecule has 5 N–H and O–H groups in total. The lowest BCUT2D eigenvalue weighted by Crippen LogP contribution is -2.29. The lowest BCUT2D eigenvalue weighted by atomic mass is 10.2. The van der Waals surface area contributed by atoms with Crippen molar-refractivity contribution in [2.45, 2.75) is 17.9 Å². The number of hydrogen-bond acceptors (Lipinski definition) is 6. The topological polar surface area (TPSA) is 114 Å². The van der Waals surface area contributed by atoms with E-state index < -0.39 is 10.0 Å². The van der Waals surface area contributed by atoms with E-state index in [0.717, 1.165) is 0 Å². The first kappa shape index (κ1) is 16.7. The molecule has 0 aliphatic rings. The van der Waals surface area contributed by atoms with Gasteiger partial charge in [-0.05, 0) is 18.2 Å². The summed E-state index contributed by atoms with van der Waals surface area (Å²) in [6.07, 6.45) is 0. The Labute approximate surface area is 119 Å². The Hall–Kier alpha value is -1.35. The van der Waals surface area contributed by atoms with Crippen molar-refractivity contribution in [3.63, 3.8) is 0 Å². The van der Waals surface area contributed by atoms with E-state index in [4.69, 9.17) is 10.5 Å². The van der Waals surface area contributed by atoms with Gasteiger partial charge in [0.2, 0.25) is 10.0 Å². The van der Waals surface area contributed by atoms with Gasteiger partial charge in [-0.1, -0.05) is 6.92 Å². The Morgan fingerprint density at radius 1 is 1.45 bits per heavy atom. The van der Waals surface area contributed by atoms with Crippen molar-refractivity contribution in [2.75, 3.05) is 37.9 Å². The zero-order valence-electron chi connectivity index (χ0n) is 11.6. The molecule has 8 heteroatoms. The highest BCUT2D eigenvalue weighted by molar-refractivity contribution is 7.89. The van der Waals surface area contributed by atoms with Crippen LogP contribution in [0.3, 0.4) is 0 Å². The molecule has 0 bridgehead atoms. The van der Waals surface area contributed by atoms with E-state index in [1.165, 1.54) is 25.3 Å². The fraction of sp³-hybridized carbons (Fsp3) is 0.500. The van der Waals surface area contributed by atoms with Crippen LogP contribution in [-0.2, 0) is 14.8 Å². The molecule has 0 fully saturated rings. The van der Waals surface area contributed by atoms with Crippen molar-refractivity contribution in [1.82, 2.24) is 4.72 Å². The molecule has 1 unspecified atom stereocenters. The van der Waals surface area contributed by atoms with E-state index >= 15 is 0 Å². The molecule has 20 heavy (non-hydrogen) atoms. The van der Waals surface area contributed by atoms with Crippen LogP contribution >= 0.6 is 0 Å². The molecule has 1 atom stereocenters. The molecule has 0 saturated carbocycles. The van der Waals surface area contributed by atoms with Gasteiger partial charge in [-0.25, -0.2) is 13.1 Å². The number of nitrogens with one attached hydrogen (secondary N) is 2. The second-order valence-electron chi connectivity index (χ2n) is 4.23. The number of benzene rings is 1. The van der Waals surface area contributed by atoms with Gasteiger partial charge in [0.05, 0.1) is 35.5 Å². The lowest BCUT2D eigenvalue weighted by Gasteiger charge is -2.18. The summed E-state index contributed by atoms with van der Waals surface area (Å²) in [6.45, 7) is 2.13. The summed E-state index contributed by atoms with van der Waals surface area (Å²) in [7, 11) is -2.03. The number of sulfonamides is 1. The highest BCUT2D eigenvalue weighted by Gasteiger charge is 2.16. The van der Waals surface area contributed by atoms with Crippen LogP contribution in [0.5, 0.6) is 0 Å². The Balaban J connectivity index is 3.03. The van der Waals surface area contributed by atoms with Gasteiger partial charge in [-0.2, -0.15) is 0 Å². The summed E-state index contributed by atoms with van der Waals surface area (Å²) in [5.41, 5.74) is 6.65. The molecule has 0 spiro atoms. The van der Waals surface area contributed by atoms with Gasteiger partial charge in [-0.3, -0.25) is 0 Å². The summed E-state index contributed by atoms with van der Waals surface area (Å²) < 4.78 is 31.2. The van der Waals surface area contributed by atoms with E-state index in [0.29, 0.717) is 17.9 Å². The second kappa shape index (κ2) is 7.44. The molecule has 0 radical (unpaired) electrons. The SMILES string of the molecule is CCNS(=O)(=O)c1ccc(N)c(NC(CO)COC)c1. The number of aliphatic hydroxyl groups is 1. The summed E-state index contributed by atoms with van der Waals surface area (Å²) >= 11 is 0. The minimum atomic E-state index is -3.54. The van der Waals surface area contributed by atoms with Gasteiger partial charge in [0, 0.05) is 13.7 Å². The smallest absolute Gasteiger partial charge is 0.240 e. The van der Waals surface area contributed by atoms with Gasteiger partial charge in [0.1, 0.15) is 0 Å². The number of anilines is 2. The Bertz CT molecular complexity index is 534. The highest BCUT2D eigenvalue weighted by atomic mass is 32.2. The van der Waals surface area contributed by atoms with Crippen molar-refractivity contribution in [3.05, 3.63) is 18.2 Å². The van der Waals surface area contributed by atoms with Crippen LogP contribution in [0.4, 0.5) is 11.4 Å².